The lowest BCUT2D eigenvalue weighted by atomic mass is 9.90. The van der Waals surface area contributed by atoms with Crippen molar-refractivity contribution in [1.82, 2.24) is 0 Å². The van der Waals surface area contributed by atoms with Crippen LogP contribution in [-0.2, 0) is 0 Å². The molecule has 2 aromatic carbocycles. The van der Waals surface area contributed by atoms with Gasteiger partial charge in [-0.15, -0.1) is 0 Å². The number of hydrogen-bond acceptors (Lipinski definition) is 4. The number of carbonyl (C=O) groups is 1. The molecule has 2 aromatic rings. The summed E-state index contributed by atoms with van der Waals surface area (Å²) < 4.78 is 0. The van der Waals surface area contributed by atoms with Gasteiger partial charge in [0, 0.05) is 6.07 Å². The molecule has 0 bridgehead atoms. The number of ketones is 1. The first-order valence-corrected chi connectivity index (χ1v) is 7.28. The molecule has 0 spiro atoms. The van der Waals surface area contributed by atoms with Gasteiger partial charge in [0.2, 0.25) is 0 Å². The van der Waals surface area contributed by atoms with E-state index in [4.69, 9.17) is 0 Å². The minimum Gasteiger partial charge on any atom is -0.294 e. The molecule has 2 rings (SSSR count). The number of carbonyl (C=O) groups excluding carboxylic acids is 1. The Morgan fingerprint density at radius 3 is 2.22 bits per heavy atom. The molecule has 1 unspecified atom stereocenters. The fourth-order valence-electron chi connectivity index (χ4n) is 2.16. The molecule has 0 fully saturated rings. The fraction of sp³-hybridized carbons (Fsp3) is 0.222. The number of nitro benzene ring substituents is 1. The van der Waals surface area contributed by atoms with Gasteiger partial charge in [0.25, 0.3) is 5.69 Å². The molecule has 0 saturated heterocycles. The molecule has 0 N–H and O–H groups in total. The maximum atomic E-state index is 11.6. The molecule has 5 heteroatoms. The van der Waals surface area contributed by atoms with E-state index >= 15 is 0 Å². The monoisotopic (exact) mass is 310 g/mol. The summed E-state index contributed by atoms with van der Waals surface area (Å²) in [6.07, 6.45) is 0. The van der Waals surface area contributed by atoms with Crippen LogP contribution in [0.2, 0.25) is 0 Å². The SMILES string of the molecule is CC.CC(=O)c1cc(C(C#N)c2ccccc2)ccc1[N+](=O)[O-]. The van der Waals surface area contributed by atoms with Crippen molar-refractivity contribution in [3.05, 3.63) is 75.3 Å². The quantitative estimate of drug-likeness (QED) is 0.473. The molecule has 0 heterocycles. The summed E-state index contributed by atoms with van der Waals surface area (Å²) in [7, 11) is 0. The highest BCUT2D eigenvalue weighted by Crippen LogP contribution is 2.28. The van der Waals surface area contributed by atoms with Crippen LogP contribution in [-0.4, -0.2) is 10.7 Å². The standard InChI is InChI=1S/C16H12N2O3.C2H6/c1-11(19)14-9-13(7-8-16(14)18(20)21)15(10-17)12-5-3-2-4-6-12;1-2/h2-9,15H,1H3;1-2H3. The van der Waals surface area contributed by atoms with Crippen molar-refractivity contribution in [1.29, 1.82) is 5.26 Å². The van der Waals surface area contributed by atoms with Crippen LogP contribution in [0.5, 0.6) is 0 Å². The van der Waals surface area contributed by atoms with Crippen molar-refractivity contribution in [2.45, 2.75) is 26.7 Å². The lowest BCUT2D eigenvalue weighted by molar-refractivity contribution is -0.385. The molecule has 5 nitrogen and oxygen atoms in total. The summed E-state index contributed by atoms with van der Waals surface area (Å²) in [4.78, 5) is 21.9. The third-order valence-corrected chi connectivity index (χ3v) is 3.19. The summed E-state index contributed by atoms with van der Waals surface area (Å²) >= 11 is 0. The van der Waals surface area contributed by atoms with Gasteiger partial charge < -0.3 is 0 Å². The maximum absolute atomic E-state index is 11.6. The minimum atomic E-state index is -0.593. The third-order valence-electron chi connectivity index (χ3n) is 3.19. The summed E-state index contributed by atoms with van der Waals surface area (Å²) in [6.45, 7) is 5.27. The first kappa shape index (κ1) is 18.1. The molecule has 0 aliphatic carbocycles. The van der Waals surface area contributed by atoms with E-state index in [1.165, 1.54) is 25.1 Å². The van der Waals surface area contributed by atoms with E-state index < -0.39 is 16.6 Å². The van der Waals surface area contributed by atoms with Gasteiger partial charge in [0.1, 0.15) is 0 Å². The lowest BCUT2D eigenvalue weighted by Crippen LogP contribution is -2.04. The van der Waals surface area contributed by atoms with Crippen LogP contribution in [0.3, 0.4) is 0 Å². The number of nitro groups is 1. The van der Waals surface area contributed by atoms with E-state index in [9.17, 15) is 20.2 Å². The predicted octanol–water partition coefficient (Wildman–Crippen LogP) is 4.48. The molecule has 1 atom stereocenters. The summed E-state index contributed by atoms with van der Waals surface area (Å²) in [5.74, 6) is -0.960. The van der Waals surface area contributed by atoms with Gasteiger partial charge in [-0.25, -0.2) is 0 Å². The van der Waals surface area contributed by atoms with Crippen molar-refractivity contribution in [2.24, 2.45) is 0 Å². The summed E-state index contributed by atoms with van der Waals surface area (Å²) in [6, 6.07) is 15.5. The Bertz CT molecular complexity index is 734. The van der Waals surface area contributed by atoms with Crippen LogP contribution in [0.25, 0.3) is 0 Å². The Kier molecular flexibility index (Phi) is 6.63. The fourth-order valence-corrected chi connectivity index (χ4v) is 2.16. The molecule has 0 radical (unpaired) electrons. The molecule has 23 heavy (non-hydrogen) atoms. The van der Waals surface area contributed by atoms with Crippen LogP contribution in [0, 0.1) is 21.4 Å². The molecule has 0 aliphatic heterocycles. The zero-order chi connectivity index (χ0) is 17.4. The second-order valence-electron chi connectivity index (χ2n) is 4.56. The second-order valence-corrected chi connectivity index (χ2v) is 4.56. The van der Waals surface area contributed by atoms with Crippen molar-refractivity contribution < 1.29 is 9.72 Å². The van der Waals surface area contributed by atoms with Crippen LogP contribution in [0.1, 0.15) is 48.2 Å². The highest BCUT2D eigenvalue weighted by Gasteiger charge is 2.21. The topological polar surface area (TPSA) is 84.0 Å². The second kappa shape index (κ2) is 8.44. The molecule has 0 amide bonds. The van der Waals surface area contributed by atoms with Crippen molar-refractivity contribution in [3.63, 3.8) is 0 Å². The zero-order valence-corrected chi connectivity index (χ0v) is 13.3. The van der Waals surface area contributed by atoms with Gasteiger partial charge in [-0.2, -0.15) is 5.26 Å². The number of Topliss-reactive ketones (excluding diaryl/α,β-unsaturated/α-hetero) is 1. The maximum Gasteiger partial charge on any atom is 0.280 e. The largest absolute Gasteiger partial charge is 0.294 e. The van der Waals surface area contributed by atoms with Crippen LogP contribution < -0.4 is 0 Å². The van der Waals surface area contributed by atoms with Crippen LogP contribution in [0.4, 0.5) is 5.69 Å². The minimum absolute atomic E-state index is 0.0219. The Balaban J connectivity index is 0.00000127. The van der Waals surface area contributed by atoms with E-state index in [0.717, 1.165) is 5.56 Å². The average Bonchev–Trinajstić information content (AvgIpc) is 2.58. The Morgan fingerprint density at radius 2 is 1.74 bits per heavy atom. The van der Waals surface area contributed by atoms with E-state index in [2.05, 4.69) is 6.07 Å². The third kappa shape index (κ3) is 4.24. The van der Waals surface area contributed by atoms with Gasteiger partial charge in [-0.1, -0.05) is 50.2 Å². The van der Waals surface area contributed by atoms with Crippen molar-refractivity contribution in [3.8, 4) is 6.07 Å². The molecule has 0 aromatic heterocycles. The zero-order valence-electron chi connectivity index (χ0n) is 13.3. The molecular formula is C18H18N2O3. The Morgan fingerprint density at radius 1 is 1.13 bits per heavy atom. The summed E-state index contributed by atoms with van der Waals surface area (Å²) in [5.41, 5.74) is 1.13. The van der Waals surface area contributed by atoms with Gasteiger partial charge in [-0.3, -0.25) is 14.9 Å². The smallest absolute Gasteiger partial charge is 0.280 e. The Hall–Kier alpha value is -3.00. The van der Waals surface area contributed by atoms with Gasteiger partial charge in [0.15, 0.2) is 5.78 Å². The summed E-state index contributed by atoms with van der Waals surface area (Å²) in [5, 5.41) is 20.3. The lowest BCUT2D eigenvalue weighted by Gasteiger charge is -2.11. The van der Waals surface area contributed by atoms with Gasteiger partial charge in [0.05, 0.1) is 22.5 Å². The van der Waals surface area contributed by atoms with Crippen molar-refractivity contribution >= 4 is 11.5 Å². The highest BCUT2D eigenvalue weighted by atomic mass is 16.6. The first-order valence-electron chi connectivity index (χ1n) is 7.28. The van der Waals surface area contributed by atoms with Crippen LogP contribution >= 0.6 is 0 Å². The van der Waals surface area contributed by atoms with E-state index in [-0.39, 0.29) is 11.3 Å². The molecule has 118 valence electrons. The predicted molar refractivity (Wildman–Crippen MR) is 88.3 cm³/mol. The molecule has 0 saturated carbocycles. The normalized spacial score (nSPS) is 10.7. The first-order chi connectivity index (χ1) is 11.0. The van der Waals surface area contributed by atoms with E-state index in [1.807, 2.05) is 44.2 Å². The Labute approximate surface area is 135 Å². The number of rotatable bonds is 4. The average molecular weight is 310 g/mol. The number of hydrogen-bond donors (Lipinski definition) is 0. The van der Waals surface area contributed by atoms with Gasteiger partial charge >= 0.3 is 0 Å². The highest BCUT2D eigenvalue weighted by molar-refractivity contribution is 5.98. The van der Waals surface area contributed by atoms with Crippen molar-refractivity contribution in [2.75, 3.05) is 0 Å². The van der Waals surface area contributed by atoms with Crippen LogP contribution in [0.15, 0.2) is 48.5 Å². The van der Waals surface area contributed by atoms with E-state index in [0.29, 0.717) is 5.56 Å². The molecular weight excluding hydrogens is 292 g/mol. The van der Waals surface area contributed by atoms with Gasteiger partial charge in [-0.05, 0) is 24.1 Å². The number of nitrogens with zero attached hydrogens (tertiary/aromatic N) is 2. The molecule has 0 aliphatic rings. The number of benzene rings is 2. The van der Waals surface area contributed by atoms with E-state index in [1.54, 1.807) is 0 Å². The number of nitriles is 1.